The number of pyridine rings is 1. The van der Waals surface area contributed by atoms with Crippen LogP contribution in [0.25, 0.3) is 22.2 Å². The standard InChI is InChI=1S/C29H27N3O3S/c1-18(2)17-35-23-8-6-7-21(15-23)27-16-25(24-9-4-5-10-26(24)31-27)28(34)32-29(36)30-22-13-11-20(12-14-22)19(3)33/h4-16,18H,17H2,1-3H3,(H2,30,32,34,36). The summed E-state index contributed by atoms with van der Waals surface area (Å²) in [6.45, 7) is 6.32. The van der Waals surface area contributed by atoms with Gasteiger partial charge in [-0.05, 0) is 73.6 Å². The number of amides is 1. The van der Waals surface area contributed by atoms with Gasteiger partial charge in [-0.3, -0.25) is 14.9 Å². The number of aromatic nitrogens is 1. The molecule has 0 bridgehead atoms. The third kappa shape index (κ3) is 6.12. The predicted molar refractivity (Wildman–Crippen MR) is 148 cm³/mol. The molecular formula is C29H27N3O3S. The summed E-state index contributed by atoms with van der Waals surface area (Å²) in [6, 6.07) is 23.8. The normalized spacial score (nSPS) is 10.8. The molecule has 0 saturated heterocycles. The first-order valence-corrected chi connectivity index (χ1v) is 12.1. The quantitative estimate of drug-likeness (QED) is 0.232. The molecule has 36 heavy (non-hydrogen) atoms. The van der Waals surface area contributed by atoms with Gasteiger partial charge in [0, 0.05) is 22.2 Å². The van der Waals surface area contributed by atoms with Crippen LogP contribution in [0, 0.1) is 5.92 Å². The third-order valence-electron chi connectivity index (χ3n) is 5.45. The average molecular weight is 498 g/mol. The highest BCUT2D eigenvalue weighted by Crippen LogP contribution is 2.27. The van der Waals surface area contributed by atoms with E-state index in [1.54, 1.807) is 30.3 Å². The Balaban J connectivity index is 1.59. The molecular weight excluding hydrogens is 470 g/mol. The van der Waals surface area contributed by atoms with Gasteiger partial charge in [0.25, 0.3) is 5.91 Å². The Labute approximate surface area is 215 Å². The highest BCUT2D eigenvalue weighted by molar-refractivity contribution is 7.80. The summed E-state index contributed by atoms with van der Waals surface area (Å²) in [5, 5.41) is 6.63. The summed E-state index contributed by atoms with van der Waals surface area (Å²) in [6.07, 6.45) is 0. The van der Waals surface area contributed by atoms with Gasteiger partial charge in [0.1, 0.15) is 5.75 Å². The topological polar surface area (TPSA) is 80.3 Å². The molecule has 1 aromatic heterocycles. The number of ketones is 1. The van der Waals surface area contributed by atoms with Crippen LogP contribution in [-0.2, 0) is 0 Å². The van der Waals surface area contributed by atoms with Gasteiger partial charge in [-0.25, -0.2) is 4.98 Å². The van der Waals surface area contributed by atoms with Gasteiger partial charge in [-0.1, -0.05) is 44.2 Å². The lowest BCUT2D eigenvalue weighted by molar-refractivity contribution is 0.0977. The van der Waals surface area contributed by atoms with E-state index in [4.69, 9.17) is 21.9 Å². The van der Waals surface area contributed by atoms with Crippen molar-refractivity contribution < 1.29 is 14.3 Å². The highest BCUT2D eigenvalue weighted by Gasteiger charge is 2.16. The Morgan fingerprint density at radius 3 is 2.44 bits per heavy atom. The van der Waals surface area contributed by atoms with Crippen LogP contribution in [0.4, 0.5) is 5.69 Å². The lowest BCUT2D eigenvalue weighted by atomic mass is 10.0. The third-order valence-corrected chi connectivity index (χ3v) is 5.65. The van der Waals surface area contributed by atoms with Crippen molar-refractivity contribution in [2.45, 2.75) is 20.8 Å². The van der Waals surface area contributed by atoms with Crippen molar-refractivity contribution in [1.29, 1.82) is 0 Å². The molecule has 4 rings (SSSR count). The predicted octanol–water partition coefficient (Wildman–Crippen LogP) is 6.27. The molecule has 0 aliphatic carbocycles. The molecule has 6 nitrogen and oxygen atoms in total. The molecule has 0 radical (unpaired) electrons. The summed E-state index contributed by atoms with van der Waals surface area (Å²) in [5.41, 5.74) is 3.94. The maximum atomic E-state index is 13.3. The van der Waals surface area contributed by atoms with E-state index in [0.29, 0.717) is 40.5 Å². The van der Waals surface area contributed by atoms with E-state index in [0.717, 1.165) is 16.7 Å². The zero-order chi connectivity index (χ0) is 25.7. The van der Waals surface area contributed by atoms with Crippen LogP contribution in [0.2, 0.25) is 0 Å². The van der Waals surface area contributed by atoms with Crippen LogP contribution in [0.5, 0.6) is 5.75 Å². The van der Waals surface area contributed by atoms with E-state index in [9.17, 15) is 9.59 Å². The number of ether oxygens (including phenoxy) is 1. The van der Waals surface area contributed by atoms with Gasteiger partial charge < -0.3 is 10.1 Å². The average Bonchev–Trinajstić information content (AvgIpc) is 2.87. The molecule has 182 valence electrons. The minimum absolute atomic E-state index is 0.0187. The number of carbonyl (C=O) groups is 2. The number of para-hydroxylation sites is 1. The molecule has 1 amide bonds. The number of hydrogen-bond donors (Lipinski definition) is 2. The van der Waals surface area contributed by atoms with Gasteiger partial charge in [-0.15, -0.1) is 0 Å². The first kappa shape index (κ1) is 25.0. The second-order valence-corrected chi connectivity index (χ2v) is 9.25. The van der Waals surface area contributed by atoms with Crippen LogP contribution in [0.15, 0.2) is 78.9 Å². The number of rotatable bonds is 7. The van der Waals surface area contributed by atoms with Gasteiger partial charge in [0.2, 0.25) is 0 Å². The molecule has 0 saturated carbocycles. The van der Waals surface area contributed by atoms with Crippen molar-refractivity contribution in [3.8, 4) is 17.0 Å². The number of hydrogen-bond acceptors (Lipinski definition) is 5. The lowest BCUT2D eigenvalue weighted by Gasteiger charge is -2.13. The van der Waals surface area contributed by atoms with E-state index in [1.165, 1.54) is 6.92 Å². The molecule has 2 N–H and O–H groups in total. The maximum Gasteiger partial charge on any atom is 0.258 e. The largest absolute Gasteiger partial charge is 0.493 e. The fourth-order valence-electron chi connectivity index (χ4n) is 3.64. The van der Waals surface area contributed by atoms with Crippen molar-refractivity contribution >= 4 is 45.6 Å². The zero-order valence-electron chi connectivity index (χ0n) is 20.4. The van der Waals surface area contributed by atoms with Gasteiger partial charge >= 0.3 is 0 Å². The van der Waals surface area contributed by atoms with Gasteiger partial charge in [0.05, 0.1) is 23.4 Å². The van der Waals surface area contributed by atoms with Crippen molar-refractivity contribution in [2.24, 2.45) is 5.92 Å². The van der Waals surface area contributed by atoms with Crippen LogP contribution < -0.4 is 15.4 Å². The number of nitrogens with zero attached hydrogens (tertiary/aromatic N) is 1. The molecule has 0 atom stereocenters. The first-order chi connectivity index (χ1) is 17.3. The minimum Gasteiger partial charge on any atom is -0.493 e. The number of fused-ring (bicyclic) bond motifs is 1. The molecule has 0 unspecified atom stereocenters. The van der Waals surface area contributed by atoms with Gasteiger partial charge in [0.15, 0.2) is 10.9 Å². The number of thiocarbonyl (C=S) groups is 1. The Hall–Kier alpha value is -4.10. The van der Waals surface area contributed by atoms with E-state index < -0.39 is 0 Å². The number of benzene rings is 3. The number of nitrogens with one attached hydrogen (secondary N) is 2. The molecule has 0 fully saturated rings. The summed E-state index contributed by atoms with van der Waals surface area (Å²) in [4.78, 5) is 29.6. The fourth-order valence-corrected chi connectivity index (χ4v) is 3.85. The van der Waals surface area contributed by atoms with Crippen molar-refractivity contribution in [2.75, 3.05) is 11.9 Å². The SMILES string of the molecule is CC(=O)c1ccc(NC(=S)NC(=O)c2cc(-c3cccc(OCC(C)C)c3)nc3ccccc23)cc1. The van der Waals surface area contributed by atoms with Crippen LogP contribution in [0.1, 0.15) is 41.5 Å². The Kier molecular flexibility index (Phi) is 7.71. The van der Waals surface area contributed by atoms with E-state index in [-0.39, 0.29) is 16.8 Å². The number of anilines is 1. The summed E-state index contributed by atoms with van der Waals surface area (Å²) in [7, 11) is 0. The molecule has 3 aromatic carbocycles. The summed E-state index contributed by atoms with van der Waals surface area (Å²) in [5.74, 6) is 0.797. The Morgan fingerprint density at radius 1 is 0.972 bits per heavy atom. The second kappa shape index (κ2) is 11.1. The van der Waals surface area contributed by atoms with E-state index in [1.807, 2.05) is 48.5 Å². The molecule has 0 aliphatic heterocycles. The van der Waals surface area contributed by atoms with Gasteiger partial charge in [-0.2, -0.15) is 0 Å². The molecule has 1 heterocycles. The zero-order valence-corrected chi connectivity index (χ0v) is 21.2. The smallest absolute Gasteiger partial charge is 0.258 e. The summed E-state index contributed by atoms with van der Waals surface area (Å²) >= 11 is 5.37. The fraction of sp³-hybridized carbons (Fsp3) is 0.172. The Bertz CT molecular complexity index is 1430. The Morgan fingerprint density at radius 2 is 1.72 bits per heavy atom. The lowest BCUT2D eigenvalue weighted by Crippen LogP contribution is -2.34. The summed E-state index contributed by atoms with van der Waals surface area (Å²) < 4.78 is 5.87. The van der Waals surface area contributed by atoms with E-state index >= 15 is 0 Å². The van der Waals surface area contributed by atoms with Crippen molar-refractivity contribution in [3.63, 3.8) is 0 Å². The monoisotopic (exact) mass is 497 g/mol. The first-order valence-electron chi connectivity index (χ1n) is 11.7. The maximum absolute atomic E-state index is 13.3. The van der Waals surface area contributed by atoms with Crippen LogP contribution >= 0.6 is 12.2 Å². The molecule has 4 aromatic rings. The number of Topliss-reactive ketones (excluding diaryl/α,β-unsaturated/α-hetero) is 1. The minimum atomic E-state index is -0.347. The highest BCUT2D eigenvalue weighted by atomic mass is 32.1. The second-order valence-electron chi connectivity index (χ2n) is 8.85. The molecule has 0 spiro atoms. The molecule has 7 heteroatoms. The number of carbonyl (C=O) groups excluding carboxylic acids is 2. The van der Waals surface area contributed by atoms with E-state index in [2.05, 4.69) is 24.5 Å². The molecule has 0 aliphatic rings. The van der Waals surface area contributed by atoms with Crippen molar-refractivity contribution in [3.05, 3.63) is 90.0 Å². The van der Waals surface area contributed by atoms with Crippen LogP contribution in [0.3, 0.4) is 0 Å². The van der Waals surface area contributed by atoms with Crippen molar-refractivity contribution in [1.82, 2.24) is 10.3 Å². The van der Waals surface area contributed by atoms with Crippen LogP contribution in [-0.4, -0.2) is 28.4 Å².